The Balaban J connectivity index is 3.03. The van der Waals surface area contributed by atoms with E-state index in [1.54, 1.807) is 23.4 Å². The zero-order chi connectivity index (χ0) is 12.8. The van der Waals surface area contributed by atoms with Crippen LogP contribution in [0.25, 0.3) is 6.08 Å². The molecule has 0 atom stereocenters. The van der Waals surface area contributed by atoms with Gasteiger partial charge in [0.2, 0.25) is 5.13 Å². The fourth-order valence-corrected chi connectivity index (χ4v) is 1.87. The Bertz CT molecular complexity index is 528. The van der Waals surface area contributed by atoms with Gasteiger partial charge in [-0.1, -0.05) is 22.9 Å². The number of nitrogens with zero attached hydrogens (tertiary/aromatic N) is 5. The van der Waals surface area contributed by atoms with Crippen molar-refractivity contribution in [3.63, 3.8) is 0 Å². The predicted octanol–water partition coefficient (Wildman–Crippen LogP) is 2.45. The van der Waals surface area contributed by atoms with Crippen molar-refractivity contribution < 1.29 is 0 Å². The molecular weight excluding hydrogens is 258 g/mol. The second-order valence-electron chi connectivity index (χ2n) is 3.14. The largest absolute Gasteiger partial charge is 0.369 e. The average Bonchev–Trinajstić information content (AvgIpc) is 2.64. The van der Waals surface area contributed by atoms with Gasteiger partial charge in [-0.05, 0) is 6.08 Å². The van der Waals surface area contributed by atoms with Gasteiger partial charge in [0.05, 0.1) is 11.2 Å². The molecule has 0 fully saturated rings. The summed E-state index contributed by atoms with van der Waals surface area (Å²) in [6.45, 7) is 0. The molecule has 0 spiro atoms. The third kappa shape index (κ3) is 3.87. The van der Waals surface area contributed by atoms with Crippen molar-refractivity contribution in [2.75, 3.05) is 14.1 Å². The number of thiazole rings is 1. The van der Waals surface area contributed by atoms with Gasteiger partial charge in [0, 0.05) is 14.1 Å². The maximum absolute atomic E-state index is 8.63. The van der Waals surface area contributed by atoms with E-state index in [4.69, 9.17) is 22.1 Å². The van der Waals surface area contributed by atoms with Gasteiger partial charge >= 0.3 is 0 Å². The minimum absolute atomic E-state index is 0.0151. The van der Waals surface area contributed by atoms with E-state index in [1.807, 2.05) is 14.1 Å². The molecule has 86 valence electrons. The summed E-state index contributed by atoms with van der Waals surface area (Å²) in [5.74, 6) is 0. The fraction of sp³-hybridized carbons (Fsp3) is 0.200. The van der Waals surface area contributed by atoms with E-state index in [0.717, 1.165) is 0 Å². The summed E-state index contributed by atoms with van der Waals surface area (Å²) in [4.78, 5) is 10.4. The standard InChI is InChI=1S/C10H8ClN5S/c1-16(2)6-14-10-15-9(11)8(17-10)3-7(4-12)5-13/h3,6H,1-2H3. The van der Waals surface area contributed by atoms with Crippen molar-refractivity contribution in [3.05, 3.63) is 15.6 Å². The maximum Gasteiger partial charge on any atom is 0.212 e. The van der Waals surface area contributed by atoms with Crippen LogP contribution in [0, 0.1) is 22.7 Å². The van der Waals surface area contributed by atoms with Gasteiger partial charge in [-0.15, -0.1) is 0 Å². The van der Waals surface area contributed by atoms with Crippen LogP contribution in [-0.2, 0) is 0 Å². The number of hydrogen-bond donors (Lipinski definition) is 0. The van der Waals surface area contributed by atoms with E-state index >= 15 is 0 Å². The number of aromatic nitrogens is 1. The van der Waals surface area contributed by atoms with Crippen molar-refractivity contribution in [1.82, 2.24) is 9.88 Å². The first-order valence-corrected chi connectivity index (χ1v) is 5.65. The van der Waals surface area contributed by atoms with E-state index in [1.165, 1.54) is 17.4 Å². The van der Waals surface area contributed by atoms with E-state index < -0.39 is 0 Å². The molecule has 0 bridgehead atoms. The van der Waals surface area contributed by atoms with Crippen LogP contribution in [0.15, 0.2) is 10.6 Å². The Hall–Kier alpha value is -1.89. The highest BCUT2D eigenvalue weighted by molar-refractivity contribution is 7.16. The lowest BCUT2D eigenvalue weighted by molar-refractivity contribution is 0.643. The Morgan fingerprint density at radius 1 is 1.47 bits per heavy atom. The monoisotopic (exact) mass is 265 g/mol. The molecule has 0 aromatic carbocycles. The molecular formula is C10H8ClN5S. The van der Waals surface area contributed by atoms with Crippen LogP contribution in [0.5, 0.6) is 0 Å². The van der Waals surface area contributed by atoms with Gasteiger partial charge in [-0.3, -0.25) is 0 Å². The lowest BCUT2D eigenvalue weighted by atomic mass is 10.3. The van der Waals surface area contributed by atoms with Gasteiger partial charge in [-0.25, -0.2) is 9.98 Å². The maximum atomic E-state index is 8.63. The summed E-state index contributed by atoms with van der Waals surface area (Å²) in [6.07, 6.45) is 2.99. The first-order valence-electron chi connectivity index (χ1n) is 4.45. The van der Waals surface area contributed by atoms with Crippen LogP contribution in [-0.4, -0.2) is 30.3 Å². The molecule has 0 amide bonds. The lowest BCUT2D eigenvalue weighted by Crippen LogP contribution is -2.06. The van der Waals surface area contributed by atoms with Crippen LogP contribution in [0.4, 0.5) is 5.13 Å². The molecule has 0 saturated carbocycles. The molecule has 0 N–H and O–H groups in total. The Morgan fingerprint density at radius 3 is 2.65 bits per heavy atom. The van der Waals surface area contributed by atoms with Gasteiger partial charge in [0.1, 0.15) is 22.9 Å². The second kappa shape index (κ2) is 6.00. The third-order valence-corrected chi connectivity index (χ3v) is 2.82. The van der Waals surface area contributed by atoms with Crippen molar-refractivity contribution in [2.24, 2.45) is 4.99 Å². The smallest absolute Gasteiger partial charge is 0.212 e. The van der Waals surface area contributed by atoms with E-state index in [-0.39, 0.29) is 10.7 Å². The van der Waals surface area contributed by atoms with Crippen LogP contribution < -0.4 is 0 Å². The number of nitriles is 2. The molecule has 1 aromatic rings. The third-order valence-electron chi connectivity index (χ3n) is 1.51. The molecule has 0 aliphatic heterocycles. The van der Waals surface area contributed by atoms with Gasteiger partial charge in [-0.2, -0.15) is 10.5 Å². The Kier molecular flexibility index (Phi) is 4.65. The first-order chi connectivity index (χ1) is 8.06. The minimum Gasteiger partial charge on any atom is -0.369 e. The molecule has 0 saturated heterocycles. The van der Waals surface area contributed by atoms with Crippen LogP contribution in [0.1, 0.15) is 4.88 Å². The van der Waals surface area contributed by atoms with E-state index in [2.05, 4.69) is 9.98 Å². The molecule has 0 aliphatic rings. The summed E-state index contributed by atoms with van der Waals surface area (Å²) in [5, 5.41) is 18.0. The zero-order valence-corrected chi connectivity index (χ0v) is 10.7. The van der Waals surface area contributed by atoms with Gasteiger partial charge < -0.3 is 4.90 Å². The van der Waals surface area contributed by atoms with E-state index in [0.29, 0.717) is 10.0 Å². The SMILES string of the molecule is CN(C)C=Nc1nc(Cl)c(C=C(C#N)C#N)s1. The van der Waals surface area contributed by atoms with Crippen molar-refractivity contribution in [3.8, 4) is 12.1 Å². The fourth-order valence-electron chi connectivity index (χ4n) is 0.832. The predicted molar refractivity (Wildman–Crippen MR) is 68.2 cm³/mol. The highest BCUT2D eigenvalue weighted by atomic mass is 35.5. The molecule has 17 heavy (non-hydrogen) atoms. The minimum atomic E-state index is -0.0151. The molecule has 5 nitrogen and oxygen atoms in total. The number of rotatable bonds is 3. The summed E-state index contributed by atoms with van der Waals surface area (Å²) < 4.78 is 0. The highest BCUT2D eigenvalue weighted by Gasteiger charge is 2.07. The van der Waals surface area contributed by atoms with Crippen LogP contribution >= 0.6 is 22.9 Å². The normalized spacial score (nSPS) is 9.71. The van der Waals surface area contributed by atoms with E-state index in [9.17, 15) is 0 Å². The summed E-state index contributed by atoms with van der Waals surface area (Å²) >= 11 is 7.08. The lowest BCUT2D eigenvalue weighted by Gasteiger charge is -1.99. The summed E-state index contributed by atoms with van der Waals surface area (Å²) in [5.41, 5.74) is -0.0151. The number of hydrogen-bond acceptors (Lipinski definition) is 5. The average molecular weight is 266 g/mol. The molecule has 1 heterocycles. The Labute approximate surface area is 108 Å². The zero-order valence-electron chi connectivity index (χ0n) is 9.18. The van der Waals surface area contributed by atoms with Crippen molar-refractivity contribution in [1.29, 1.82) is 10.5 Å². The molecule has 0 aliphatic carbocycles. The van der Waals surface area contributed by atoms with Gasteiger partial charge in [0.25, 0.3) is 0 Å². The quantitative estimate of drug-likeness (QED) is 0.478. The van der Waals surface area contributed by atoms with Crippen LogP contribution in [0.3, 0.4) is 0 Å². The second-order valence-corrected chi connectivity index (χ2v) is 4.51. The number of aliphatic imine (C=N–C) groups is 1. The summed E-state index contributed by atoms with van der Waals surface area (Å²) in [6, 6.07) is 3.52. The first kappa shape index (κ1) is 13.2. The highest BCUT2D eigenvalue weighted by Crippen LogP contribution is 2.30. The topological polar surface area (TPSA) is 76.1 Å². The molecule has 7 heteroatoms. The molecule has 0 radical (unpaired) electrons. The Morgan fingerprint density at radius 2 is 2.12 bits per heavy atom. The number of halogens is 1. The molecule has 1 rings (SSSR count). The van der Waals surface area contributed by atoms with Gasteiger partial charge in [0.15, 0.2) is 0 Å². The van der Waals surface area contributed by atoms with Crippen molar-refractivity contribution in [2.45, 2.75) is 0 Å². The molecule has 1 aromatic heterocycles. The number of allylic oxidation sites excluding steroid dienone is 1. The van der Waals surface area contributed by atoms with Crippen molar-refractivity contribution >= 4 is 40.5 Å². The molecule has 0 unspecified atom stereocenters. The van der Waals surface area contributed by atoms with Crippen LogP contribution in [0.2, 0.25) is 5.15 Å². The summed E-state index contributed by atoms with van der Waals surface area (Å²) in [7, 11) is 3.67.